The highest BCUT2D eigenvalue weighted by molar-refractivity contribution is 4.80. The molecule has 0 bridgehead atoms. The Labute approximate surface area is 110 Å². The van der Waals surface area contributed by atoms with E-state index in [0.29, 0.717) is 19.6 Å². The zero-order valence-corrected chi connectivity index (χ0v) is 12.1. The summed E-state index contributed by atoms with van der Waals surface area (Å²) in [5.41, 5.74) is 5.72. The van der Waals surface area contributed by atoms with Crippen LogP contribution in [0.25, 0.3) is 0 Å². The molecule has 3 atom stereocenters. The Balaban J connectivity index is 2.30. The van der Waals surface area contributed by atoms with E-state index in [2.05, 4.69) is 0 Å². The second kappa shape index (κ2) is 5.84. The van der Waals surface area contributed by atoms with Crippen molar-refractivity contribution in [3.63, 3.8) is 0 Å². The van der Waals surface area contributed by atoms with Crippen LogP contribution < -0.4 is 5.73 Å². The molecule has 0 saturated carbocycles. The number of aliphatic hydroxyl groups is 1. The number of ether oxygens (including phenoxy) is 3. The van der Waals surface area contributed by atoms with Gasteiger partial charge in [0.25, 0.3) is 0 Å². The number of rotatable bonds is 5. The van der Waals surface area contributed by atoms with Gasteiger partial charge < -0.3 is 25.1 Å². The molecule has 1 fully saturated rings. The van der Waals surface area contributed by atoms with Crippen molar-refractivity contribution in [1.29, 1.82) is 0 Å². The van der Waals surface area contributed by atoms with E-state index >= 15 is 0 Å². The molecule has 1 heterocycles. The summed E-state index contributed by atoms with van der Waals surface area (Å²) in [6.45, 7) is 10.4. The summed E-state index contributed by atoms with van der Waals surface area (Å²) >= 11 is 0. The maximum absolute atomic E-state index is 10.0. The molecule has 1 aliphatic heterocycles. The van der Waals surface area contributed by atoms with Gasteiger partial charge in [0.2, 0.25) is 0 Å². The van der Waals surface area contributed by atoms with Crippen molar-refractivity contribution >= 4 is 0 Å². The summed E-state index contributed by atoms with van der Waals surface area (Å²) < 4.78 is 16.6. The molecular formula is C13H27NO4. The first-order valence-corrected chi connectivity index (χ1v) is 6.48. The van der Waals surface area contributed by atoms with Crippen molar-refractivity contribution in [3.8, 4) is 0 Å². The fourth-order valence-electron chi connectivity index (χ4n) is 1.79. The van der Waals surface area contributed by atoms with Crippen molar-refractivity contribution in [1.82, 2.24) is 0 Å². The summed E-state index contributed by atoms with van der Waals surface area (Å²) in [6.07, 6.45) is -0.480. The molecule has 0 spiro atoms. The van der Waals surface area contributed by atoms with Gasteiger partial charge in [-0.1, -0.05) is 0 Å². The Morgan fingerprint density at radius 1 is 1.44 bits per heavy atom. The van der Waals surface area contributed by atoms with Crippen LogP contribution in [0, 0.1) is 0 Å². The monoisotopic (exact) mass is 261 g/mol. The molecule has 3 N–H and O–H groups in total. The first-order chi connectivity index (χ1) is 8.09. The summed E-state index contributed by atoms with van der Waals surface area (Å²) in [5.74, 6) is -0.613. The molecule has 18 heavy (non-hydrogen) atoms. The molecule has 0 radical (unpaired) electrons. The van der Waals surface area contributed by atoms with Crippen LogP contribution in [0.3, 0.4) is 0 Å². The molecule has 108 valence electrons. The lowest BCUT2D eigenvalue weighted by molar-refractivity contribution is -0.152. The lowest BCUT2D eigenvalue weighted by Crippen LogP contribution is -2.39. The zero-order chi connectivity index (χ0) is 14.0. The topological polar surface area (TPSA) is 73.9 Å². The average molecular weight is 261 g/mol. The maximum atomic E-state index is 10.0. The average Bonchev–Trinajstić information content (AvgIpc) is 2.55. The van der Waals surface area contributed by atoms with E-state index in [-0.39, 0.29) is 17.7 Å². The van der Waals surface area contributed by atoms with Crippen LogP contribution in [0.4, 0.5) is 0 Å². The minimum atomic E-state index is -0.620. The number of aliphatic hydroxyl groups excluding tert-OH is 1. The second-order valence-corrected chi connectivity index (χ2v) is 6.35. The molecule has 0 aromatic carbocycles. The van der Waals surface area contributed by atoms with E-state index in [9.17, 15) is 5.11 Å². The molecule has 1 saturated heterocycles. The van der Waals surface area contributed by atoms with Gasteiger partial charge in [-0.25, -0.2) is 0 Å². The first-order valence-electron chi connectivity index (χ1n) is 6.48. The van der Waals surface area contributed by atoms with Crippen molar-refractivity contribution in [2.45, 2.75) is 70.7 Å². The van der Waals surface area contributed by atoms with Crippen LogP contribution in [-0.2, 0) is 14.2 Å². The van der Waals surface area contributed by atoms with Gasteiger partial charge in [-0.2, -0.15) is 0 Å². The van der Waals surface area contributed by atoms with Crippen molar-refractivity contribution in [2.24, 2.45) is 5.73 Å². The minimum Gasteiger partial charge on any atom is -0.390 e. The van der Waals surface area contributed by atoms with E-state index in [0.717, 1.165) is 0 Å². The lowest BCUT2D eigenvalue weighted by Gasteiger charge is -2.25. The van der Waals surface area contributed by atoms with Gasteiger partial charge >= 0.3 is 0 Å². The Morgan fingerprint density at radius 3 is 2.50 bits per heavy atom. The van der Waals surface area contributed by atoms with Crippen LogP contribution in [0.2, 0.25) is 0 Å². The molecule has 0 aliphatic carbocycles. The number of nitrogens with two attached hydrogens (primary N) is 1. The Bertz CT molecular complexity index is 262. The fourth-order valence-corrected chi connectivity index (χ4v) is 1.79. The molecule has 1 aliphatic rings. The van der Waals surface area contributed by atoms with E-state index < -0.39 is 11.9 Å². The largest absolute Gasteiger partial charge is 0.390 e. The second-order valence-electron chi connectivity index (χ2n) is 6.35. The fraction of sp³-hybridized carbons (Fsp3) is 1.00. The van der Waals surface area contributed by atoms with Gasteiger partial charge in [0.05, 0.1) is 24.9 Å². The van der Waals surface area contributed by atoms with Gasteiger partial charge in [-0.15, -0.1) is 0 Å². The van der Waals surface area contributed by atoms with Gasteiger partial charge in [-0.3, -0.25) is 0 Å². The third kappa shape index (κ3) is 5.63. The quantitative estimate of drug-likeness (QED) is 0.773. The van der Waals surface area contributed by atoms with Crippen LogP contribution in [0.1, 0.15) is 41.0 Å². The molecule has 0 aromatic rings. The van der Waals surface area contributed by atoms with Crippen molar-refractivity contribution < 1.29 is 19.3 Å². The summed E-state index contributed by atoms with van der Waals surface area (Å²) in [4.78, 5) is 0. The van der Waals surface area contributed by atoms with Gasteiger partial charge in [0.1, 0.15) is 6.10 Å². The van der Waals surface area contributed by atoms with Crippen LogP contribution in [0.15, 0.2) is 0 Å². The third-order valence-corrected chi connectivity index (χ3v) is 2.73. The first kappa shape index (κ1) is 15.9. The minimum absolute atomic E-state index is 0.202. The Morgan fingerprint density at radius 2 is 2.06 bits per heavy atom. The predicted molar refractivity (Wildman–Crippen MR) is 69.2 cm³/mol. The zero-order valence-electron chi connectivity index (χ0n) is 12.1. The highest BCUT2D eigenvalue weighted by atomic mass is 16.7. The van der Waals surface area contributed by atoms with Gasteiger partial charge in [-0.05, 0) is 41.0 Å². The summed E-state index contributed by atoms with van der Waals surface area (Å²) in [5, 5.41) is 10.0. The number of hydrogen-bond donors (Lipinski definition) is 2. The van der Waals surface area contributed by atoms with E-state index in [1.807, 2.05) is 34.6 Å². The van der Waals surface area contributed by atoms with E-state index in [4.69, 9.17) is 19.9 Å². The van der Waals surface area contributed by atoms with Crippen molar-refractivity contribution in [3.05, 3.63) is 0 Å². The Kier molecular flexibility index (Phi) is 5.14. The van der Waals surface area contributed by atoms with Crippen LogP contribution >= 0.6 is 0 Å². The predicted octanol–water partition coefficient (Wildman–Crippen LogP) is 1.03. The lowest BCUT2D eigenvalue weighted by atomic mass is 10.1. The standard InChI is InChI=1S/C13H27NO4/c1-12(2,3)16-7-9(14)6-10(15)11-8-17-13(4,5)18-11/h9-11,15H,6-8,14H2,1-5H3/t9-,10+,11+/m0/s1. The molecule has 0 amide bonds. The maximum Gasteiger partial charge on any atom is 0.163 e. The summed E-state index contributed by atoms with van der Waals surface area (Å²) in [7, 11) is 0. The molecule has 0 unspecified atom stereocenters. The highest BCUT2D eigenvalue weighted by Crippen LogP contribution is 2.25. The molecule has 1 rings (SSSR count). The smallest absolute Gasteiger partial charge is 0.163 e. The molecule has 5 heteroatoms. The SMILES string of the molecule is CC(C)(C)OC[C@@H](N)C[C@@H](O)[C@H]1COC(C)(C)O1. The highest BCUT2D eigenvalue weighted by Gasteiger charge is 2.37. The van der Waals surface area contributed by atoms with Gasteiger partial charge in [0.15, 0.2) is 5.79 Å². The van der Waals surface area contributed by atoms with Gasteiger partial charge in [0, 0.05) is 6.04 Å². The molecule has 0 aromatic heterocycles. The molecular weight excluding hydrogens is 234 g/mol. The van der Waals surface area contributed by atoms with Crippen LogP contribution in [0.5, 0.6) is 0 Å². The summed E-state index contributed by atoms with van der Waals surface area (Å²) in [6, 6.07) is -0.202. The normalized spacial score (nSPS) is 27.2. The van der Waals surface area contributed by atoms with E-state index in [1.165, 1.54) is 0 Å². The van der Waals surface area contributed by atoms with Crippen LogP contribution in [-0.4, -0.2) is 48.0 Å². The molecule has 5 nitrogen and oxygen atoms in total. The Hall–Kier alpha value is -0.200. The number of hydrogen-bond acceptors (Lipinski definition) is 5. The van der Waals surface area contributed by atoms with E-state index in [1.54, 1.807) is 0 Å². The van der Waals surface area contributed by atoms with Crippen molar-refractivity contribution in [2.75, 3.05) is 13.2 Å². The third-order valence-electron chi connectivity index (χ3n) is 2.73.